The van der Waals surface area contributed by atoms with Gasteiger partial charge in [-0.3, -0.25) is 0 Å². The molecule has 0 heterocycles. The molecule has 0 aliphatic rings. The quantitative estimate of drug-likeness (QED) is 0.497. The number of benzene rings is 1. The highest BCUT2D eigenvalue weighted by molar-refractivity contribution is 6.30. The van der Waals surface area contributed by atoms with Crippen molar-refractivity contribution >= 4 is 17.7 Å². The fraction of sp³-hybridized carbons (Fsp3) is 0.222. The van der Waals surface area contributed by atoms with Gasteiger partial charge in [0.2, 0.25) is 0 Å². The maximum Gasteiger partial charge on any atom is 0.405 e. The lowest BCUT2D eigenvalue weighted by molar-refractivity contribution is 0.111. The molecule has 0 aliphatic heterocycles. The number of ether oxygens (including phenoxy) is 1. The first kappa shape index (κ1) is 12.2. The molecule has 2 N–H and O–H groups in total. The molecule has 0 bridgehead atoms. The SMILES string of the molecule is [N-]=[N+]=NCC(OC(N)=O)c1cccc(Cl)c1. The molecule has 16 heavy (non-hydrogen) atoms. The molecular formula is C9H9ClN4O2. The Hall–Kier alpha value is -1.91. The highest BCUT2D eigenvalue weighted by Crippen LogP contribution is 2.21. The number of carbonyl (C=O) groups excluding carboxylic acids is 1. The zero-order valence-corrected chi connectivity index (χ0v) is 8.96. The first-order valence-electron chi connectivity index (χ1n) is 4.36. The molecule has 1 aromatic rings. The zero-order valence-electron chi connectivity index (χ0n) is 8.21. The third kappa shape index (κ3) is 3.68. The summed E-state index contributed by atoms with van der Waals surface area (Å²) in [5, 5.41) is 3.83. The summed E-state index contributed by atoms with van der Waals surface area (Å²) in [5.74, 6) is 0. The van der Waals surface area contributed by atoms with Gasteiger partial charge in [-0.15, -0.1) is 0 Å². The Morgan fingerprint density at radius 3 is 3.00 bits per heavy atom. The van der Waals surface area contributed by atoms with Crippen molar-refractivity contribution in [2.75, 3.05) is 6.54 Å². The van der Waals surface area contributed by atoms with Crippen LogP contribution >= 0.6 is 11.6 Å². The van der Waals surface area contributed by atoms with Gasteiger partial charge < -0.3 is 10.5 Å². The molecule has 7 heteroatoms. The van der Waals surface area contributed by atoms with Crippen molar-refractivity contribution in [2.45, 2.75) is 6.10 Å². The minimum atomic E-state index is -0.932. The topological polar surface area (TPSA) is 101 Å². The van der Waals surface area contributed by atoms with Crippen LogP contribution in [0.3, 0.4) is 0 Å². The van der Waals surface area contributed by atoms with Gasteiger partial charge in [-0.1, -0.05) is 28.8 Å². The van der Waals surface area contributed by atoms with Crippen LogP contribution in [0, 0.1) is 0 Å². The lowest BCUT2D eigenvalue weighted by Gasteiger charge is -2.14. The predicted octanol–water partition coefficient (Wildman–Crippen LogP) is 2.79. The Kier molecular flexibility index (Phi) is 4.44. The van der Waals surface area contributed by atoms with Crippen molar-refractivity contribution in [3.8, 4) is 0 Å². The van der Waals surface area contributed by atoms with Crippen LogP contribution < -0.4 is 5.73 Å². The molecule has 1 amide bonds. The first-order chi connectivity index (χ1) is 7.63. The van der Waals surface area contributed by atoms with E-state index in [1.165, 1.54) is 0 Å². The lowest BCUT2D eigenvalue weighted by Crippen LogP contribution is -2.19. The van der Waals surface area contributed by atoms with E-state index in [-0.39, 0.29) is 6.54 Å². The molecule has 0 aliphatic carbocycles. The molecule has 6 nitrogen and oxygen atoms in total. The Balaban J connectivity index is 2.90. The van der Waals surface area contributed by atoms with Crippen molar-refractivity contribution < 1.29 is 9.53 Å². The number of carbonyl (C=O) groups is 1. The molecule has 0 aromatic heterocycles. The second kappa shape index (κ2) is 5.85. The molecule has 0 spiro atoms. The number of azide groups is 1. The van der Waals surface area contributed by atoms with Crippen molar-refractivity contribution in [3.63, 3.8) is 0 Å². The first-order valence-corrected chi connectivity index (χ1v) is 4.73. The second-order valence-electron chi connectivity index (χ2n) is 2.89. The Bertz CT molecular complexity index is 427. The highest BCUT2D eigenvalue weighted by Gasteiger charge is 2.14. The summed E-state index contributed by atoms with van der Waals surface area (Å²) in [7, 11) is 0. The maximum atomic E-state index is 10.7. The Morgan fingerprint density at radius 2 is 2.44 bits per heavy atom. The summed E-state index contributed by atoms with van der Waals surface area (Å²) < 4.78 is 4.81. The van der Waals surface area contributed by atoms with E-state index >= 15 is 0 Å². The van der Waals surface area contributed by atoms with E-state index in [4.69, 9.17) is 27.6 Å². The van der Waals surface area contributed by atoms with E-state index in [0.29, 0.717) is 10.6 Å². The van der Waals surface area contributed by atoms with Crippen molar-refractivity contribution in [1.82, 2.24) is 0 Å². The molecule has 0 fully saturated rings. The van der Waals surface area contributed by atoms with Gasteiger partial charge in [0, 0.05) is 9.93 Å². The Morgan fingerprint density at radius 1 is 1.69 bits per heavy atom. The molecule has 1 rings (SSSR count). The summed E-state index contributed by atoms with van der Waals surface area (Å²) >= 11 is 5.78. The van der Waals surface area contributed by atoms with Crippen LogP contribution in [0.4, 0.5) is 4.79 Å². The van der Waals surface area contributed by atoms with Gasteiger partial charge in [0.05, 0.1) is 6.54 Å². The fourth-order valence-electron chi connectivity index (χ4n) is 1.17. The van der Waals surface area contributed by atoms with Crippen LogP contribution in [0.1, 0.15) is 11.7 Å². The van der Waals surface area contributed by atoms with E-state index in [1.54, 1.807) is 24.3 Å². The molecule has 1 unspecified atom stereocenters. The number of nitrogens with zero attached hydrogens (tertiary/aromatic N) is 3. The predicted molar refractivity (Wildman–Crippen MR) is 58.9 cm³/mol. The van der Waals surface area contributed by atoms with Gasteiger partial charge in [-0.05, 0) is 23.2 Å². The number of hydrogen-bond donors (Lipinski definition) is 1. The van der Waals surface area contributed by atoms with E-state index < -0.39 is 12.2 Å². The summed E-state index contributed by atoms with van der Waals surface area (Å²) in [6.07, 6.45) is -1.65. The van der Waals surface area contributed by atoms with Gasteiger partial charge in [0.1, 0.15) is 6.10 Å². The van der Waals surface area contributed by atoms with E-state index in [1.807, 2.05) is 0 Å². The number of hydrogen-bond acceptors (Lipinski definition) is 3. The van der Waals surface area contributed by atoms with Gasteiger partial charge >= 0.3 is 6.09 Å². The minimum absolute atomic E-state index is 0.0280. The number of primary amides is 1. The van der Waals surface area contributed by atoms with E-state index in [9.17, 15) is 4.79 Å². The van der Waals surface area contributed by atoms with Crippen LogP contribution in [0.15, 0.2) is 29.4 Å². The van der Waals surface area contributed by atoms with Gasteiger partial charge in [-0.2, -0.15) is 0 Å². The van der Waals surface area contributed by atoms with E-state index in [2.05, 4.69) is 10.0 Å². The van der Waals surface area contributed by atoms with E-state index in [0.717, 1.165) is 0 Å². The zero-order chi connectivity index (χ0) is 12.0. The molecule has 0 radical (unpaired) electrons. The van der Waals surface area contributed by atoms with Crippen molar-refractivity contribution in [2.24, 2.45) is 10.8 Å². The summed E-state index contributed by atoms with van der Waals surface area (Å²) in [6, 6.07) is 6.69. The highest BCUT2D eigenvalue weighted by atomic mass is 35.5. The third-order valence-electron chi connectivity index (χ3n) is 1.79. The molecule has 0 saturated heterocycles. The van der Waals surface area contributed by atoms with Crippen LogP contribution in [0.5, 0.6) is 0 Å². The number of nitrogens with two attached hydrogens (primary N) is 1. The van der Waals surface area contributed by atoms with Crippen LogP contribution in [0.25, 0.3) is 10.4 Å². The Labute approximate surface area is 96.6 Å². The standard InChI is InChI=1S/C9H9ClN4O2/c10-7-3-1-2-6(4-7)8(5-13-14-12)16-9(11)15/h1-4,8H,5H2,(H2,11,15). The normalized spacial score (nSPS) is 11.3. The monoisotopic (exact) mass is 240 g/mol. The van der Waals surface area contributed by atoms with Crippen molar-refractivity contribution in [3.05, 3.63) is 45.3 Å². The van der Waals surface area contributed by atoms with Crippen molar-refractivity contribution in [1.29, 1.82) is 0 Å². The van der Waals surface area contributed by atoms with Crippen LogP contribution in [-0.4, -0.2) is 12.6 Å². The number of amides is 1. The number of halogens is 1. The third-order valence-corrected chi connectivity index (χ3v) is 2.02. The molecule has 1 aromatic carbocycles. The minimum Gasteiger partial charge on any atom is -0.441 e. The average molecular weight is 241 g/mol. The second-order valence-corrected chi connectivity index (χ2v) is 3.33. The molecule has 1 atom stereocenters. The molecular weight excluding hydrogens is 232 g/mol. The average Bonchev–Trinajstić information content (AvgIpc) is 2.23. The van der Waals surface area contributed by atoms with Crippen LogP contribution in [0.2, 0.25) is 5.02 Å². The fourth-order valence-corrected chi connectivity index (χ4v) is 1.37. The maximum absolute atomic E-state index is 10.7. The largest absolute Gasteiger partial charge is 0.441 e. The van der Waals surface area contributed by atoms with Gasteiger partial charge in [0.15, 0.2) is 0 Å². The molecule has 0 saturated carbocycles. The van der Waals surface area contributed by atoms with Gasteiger partial charge in [-0.25, -0.2) is 4.79 Å². The number of rotatable bonds is 4. The summed E-state index contributed by atoms with van der Waals surface area (Å²) in [4.78, 5) is 13.3. The van der Waals surface area contributed by atoms with Gasteiger partial charge in [0.25, 0.3) is 0 Å². The molecule has 84 valence electrons. The summed E-state index contributed by atoms with van der Waals surface area (Å²) in [5.41, 5.74) is 13.7. The lowest BCUT2D eigenvalue weighted by atomic mass is 10.1. The smallest absolute Gasteiger partial charge is 0.405 e. The summed E-state index contributed by atoms with van der Waals surface area (Å²) in [6.45, 7) is -0.0280. The van der Waals surface area contributed by atoms with Crippen LogP contribution in [-0.2, 0) is 4.74 Å².